The van der Waals surface area contributed by atoms with E-state index in [9.17, 15) is 20.0 Å². The van der Waals surface area contributed by atoms with Gasteiger partial charge in [0.15, 0.2) is 17.3 Å². The number of nitrogens with zero attached hydrogens (tertiary/aromatic N) is 3. The van der Waals surface area contributed by atoms with E-state index < -0.39 is 10.9 Å². The topological polar surface area (TPSA) is 150 Å². The predicted molar refractivity (Wildman–Crippen MR) is 130 cm³/mol. The van der Waals surface area contributed by atoms with E-state index in [-0.39, 0.29) is 39.4 Å². The Balaban J connectivity index is 2.03. The van der Waals surface area contributed by atoms with Crippen molar-refractivity contribution in [1.82, 2.24) is 15.2 Å². The molecule has 3 aromatic rings. The summed E-state index contributed by atoms with van der Waals surface area (Å²) in [5, 5.41) is 28.5. The van der Waals surface area contributed by atoms with E-state index in [2.05, 4.69) is 21.8 Å². The van der Waals surface area contributed by atoms with E-state index >= 15 is 0 Å². The van der Waals surface area contributed by atoms with Crippen molar-refractivity contribution in [2.75, 3.05) is 20.8 Å². The van der Waals surface area contributed by atoms with Crippen LogP contribution >= 0.6 is 23.4 Å². The first-order chi connectivity index (χ1) is 16.8. The zero-order chi connectivity index (χ0) is 25.5. The number of rotatable bonds is 11. The van der Waals surface area contributed by atoms with Crippen LogP contribution in [0.25, 0.3) is 17.5 Å². The molecule has 0 unspecified atom stereocenters. The minimum absolute atomic E-state index is 0.0651. The molecule has 35 heavy (non-hydrogen) atoms. The highest BCUT2D eigenvalue weighted by Crippen LogP contribution is 2.39. The number of benzene rings is 2. The Morgan fingerprint density at radius 1 is 1.29 bits per heavy atom. The van der Waals surface area contributed by atoms with Gasteiger partial charge in [0.2, 0.25) is 5.16 Å². The van der Waals surface area contributed by atoms with E-state index in [4.69, 9.17) is 25.8 Å². The molecule has 0 spiro atoms. The summed E-state index contributed by atoms with van der Waals surface area (Å²) in [5.74, 6) is -0.318. The number of non-ortho nitro benzene ring substituents is 1. The van der Waals surface area contributed by atoms with Crippen molar-refractivity contribution >= 4 is 41.1 Å². The maximum absolute atomic E-state index is 12.0. The molecular formula is C22H19ClN4O7S. The van der Waals surface area contributed by atoms with Crippen LogP contribution in [-0.2, 0) is 4.79 Å². The van der Waals surface area contributed by atoms with Gasteiger partial charge >= 0.3 is 5.97 Å². The first kappa shape index (κ1) is 25.6. The van der Waals surface area contributed by atoms with Crippen molar-refractivity contribution in [3.8, 4) is 28.6 Å². The number of hydrogen-bond acceptors (Lipinski definition) is 9. The van der Waals surface area contributed by atoms with E-state index in [1.54, 1.807) is 18.2 Å². The van der Waals surface area contributed by atoms with E-state index in [0.717, 1.165) is 11.8 Å². The van der Waals surface area contributed by atoms with Crippen LogP contribution in [0.15, 0.2) is 53.0 Å². The van der Waals surface area contributed by atoms with Gasteiger partial charge < -0.3 is 19.3 Å². The van der Waals surface area contributed by atoms with Crippen LogP contribution < -0.4 is 14.2 Å². The van der Waals surface area contributed by atoms with Gasteiger partial charge in [0.25, 0.3) is 5.69 Å². The second kappa shape index (κ2) is 11.4. The highest BCUT2D eigenvalue weighted by atomic mass is 35.5. The smallest absolute Gasteiger partial charge is 0.342 e. The number of carboxylic acids is 1. The highest BCUT2D eigenvalue weighted by Gasteiger charge is 2.21. The summed E-state index contributed by atoms with van der Waals surface area (Å²) in [6, 6.07) is 7.31. The Bertz CT molecular complexity index is 1310. The second-order valence-electron chi connectivity index (χ2n) is 6.65. The molecule has 0 radical (unpaired) electrons. The summed E-state index contributed by atoms with van der Waals surface area (Å²) in [6.07, 6.45) is 2.69. The quantitative estimate of drug-likeness (QED) is 0.119. The molecule has 0 aliphatic rings. The largest absolute Gasteiger partial charge is 0.496 e. The molecule has 182 valence electrons. The number of carboxylic acid groups (broad SMARTS) is 1. The van der Waals surface area contributed by atoms with Crippen LogP contribution in [0, 0.1) is 10.1 Å². The Morgan fingerprint density at radius 3 is 2.66 bits per heavy atom. The summed E-state index contributed by atoms with van der Waals surface area (Å²) in [6.45, 7) is 3.64. The molecule has 0 bridgehead atoms. The van der Waals surface area contributed by atoms with E-state index in [1.165, 1.54) is 38.5 Å². The maximum atomic E-state index is 12.0. The van der Waals surface area contributed by atoms with Gasteiger partial charge in [0, 0.05) is 16.7 Å². The Morgan fingerprint density at radius 2 is 2.03 bits per heavy atom. The Kier molecular flexibility index (Phi) is 8.34. The molecule has 0 aliphatic carbocycles. The summed E-state index contributed by atoms with van der Waals surface area (Å²) in [7, 11) is 2.81. The summed E-state index contributed by atoms with van der Waals surface area (Å²) in [4.78, 5) is 26.9. The molecule has 13 heteroatoms. The molecule has 0 fully saturated rings. The van der Waals surface area contributed by atoms with Crippen LogP contribution in [0.2, 0.25) is 5.02 Å². The fourth-order valence-corrected chi connectivity index (χ4v) is 3.79. The normalized spacial score (nSPS) is 11.1. The third-order valence-electron chi connectivity index (χ3n) is 4.42. The van der Waals surface area contributed by atoms with Crippen molar-refractivity contribution in [1.29, 1.82) is 0 Å². The summed E-state index contributed by atoms with van der Waals surface area (Å²) < 4.78 is 16.1. The number of methoxy groups -OCH3 is 2. The predicted octanol–water partition coefficient (Wildman–Crippen LogP) is 4.83. The van der Waals surface area contributed by atoms with Crippen LogP contribution in [0.3, 0.4) is 0 Å². The first-order valence-electron chi connectivity index (χ1n) is 9.76. The number of ether oxygens (including phenoxy) is 3. The first-order valence-corrected chi connectivity index (χ1v) is 11.0. The minimum Gasteiger partial charge on any atom is -0.496 e. The number of nitrogens with one attached hydrogen (secondary N) is 1. The molecule has 0 saturated heterocycles. The molecule has 3 rings (SSSR count). The lowest BCUT2D eigenvalue weighted by atomic mass is 10.1. The van der Waals surface area contributed by atoms with Gasteiger partial charge in [-0.1, -0.05) is 24.3 Å². The third kappa shape index (κ3) is 6.11. The third-order valence-corrected chi connectivity index (χ3v) is 5.54. The van der Waals surface area contributed by atoms with Crippen LogP contribution in [0.4, 0.5) is 5.69 Å². The lowest BCUT2D eigenvalue weighted by Crippen LogP contribution is -2.02. The summed E-state index contributed by atoms with van der Waals surface area (Å²) >= 11 is 6.80. The minimum atomic E-state index is -1.30. The lowest BCUT2D eigenvalue weighted by Gasteiger charge is -2.13. The van der Waals surface area contributed by atoms with Crippen LogP contribution in [0.5, 0.6) is 17.2 Å². The molecule has 0 atom stereocenters. The number of nitro groups is 1. The van der Waals surface area contributed by atoms with Crippen molar-refractivity contribution in [2.45, 2.75) is 5.16 Å². The van der Waals surface area contributed by atoms with Gasteiger partial charge in [-0.2, -0.15) is 0 Å². The number of aromatic nitrogens is 3. The van der Waals surface area contributed by atoms with Crippen molar-refractivity contribution in [3.05, 3.63) is 68.6 Å². The molecule has 1 aromatic heterocycles. The number of hydrogen-bond donors (Lipinski definition) is 2. The van der Waals surface area contributed by atoms with Gasteiger partial charge in [0.1, 0.15) is 17.3 Å². The van der Waals surface area contributed by atoms with Gasteiger partial charge in [-0.05, 0) is 36.0 Å². The molecular weight excluding hydrogens is 500 g/mol. The molecule has 1 heterocycles. The second-order valence-corrected chi connectivity index (χ2v) is 8.10. The fourth-order valence-electron chi connectivity index (χ4n) is 2.92. The number of thioether (sulfide) groups is 1. The molecule has 0 saturated carbocycles. The average molecular weight is 519 g/mol. The number of carbonyl (C=O) groups is 1. The molecule has 2 aromatic carbocycles. The van der Waals surface area contributed by atoms with Crippen molar-refractivity contribution in [3.63, 3.8) is 0 Å². The molecule has 11 nitrogen and oxygen atoms in total. The fraction of sp³-hybridized carbons (Fsp3) is 0.136. The zero-order valence-corrected chi connectivity index (χ0v) is 20.1. The van der Waals surface area contributed by atoms with Crippen LogP contribution in [0.1, 0.15) is 5.56 Å². The van der Waals surface area contributed by atoms with E-state index in [0.29, 0.717) is 22.2 Å². The Labute approximate surface area is 208 Å². The average Bonchev–Trinajstić information content (AvgIpc) is 3.30. The molecule has 0 aliphatic heterocycles. The number of H-pyrrole nitrogens is 1. The van der Waals surface area contributed by atoms with E-state index in [1.807, 2.05) is 0 Å². The number of halogens is 1. The van der Waals surface area contributed by atoms with Gasteiger partial charge in [0.05, 0.1) is 30.8 Å². The van der Waals surface area contributed by atoms with Gasteiger partial charge in [-0.3, -0.25) is 15.2 Å². The van der Waals surface area contributed by atoms with Crippen molar-refractivity contribution < 1.29 is 29.0 Å². The van der Waals surface area contributed by atoms with Crippen LogP contribution in [-0.4, -0.2) is 52.0 Å². The SMILES string of the molecule is C=CCOc1c(/C=C(/Sc2n[nH]c(-c3cc(Cl)ccc3OC)n2)C(=O)O)cc([N+](=O)[O-])cc1OC. The summed E-state index contributed by atoms with van der Waals surface area (Å²) in [5.41, 5.74) is 0.348. The highest BCUT2D eigenvalue weighted by molar-refractivity contribution is 8.04. The molecule has 0 amide bonds. The monoisotopic (exact) mass is 518 g/mol. The zero-order valence-electron chi connectivity index (χ0n) is 18.5. The number of aromatic amines is 1. The lowest BCUT2D eigenvalue weighted by molar-refractivity contribution is -0.385. The number of aliphatic carboxylic acids is 1. The standard InChI is InChI=1S/C22H19ClN4O7S/c1-4-7-34-19-12(8-14(27(30)31)11-17(19)33-3)9-18(21(28)29)35-22-24-20(25-26-22)15-10-13(23)5-6-16(15)32-2/h4-6,8-11H,1,7H2,2-3H3,(H,28,29)(H,24,25,26)/b18-9+. The van der Waals surface area contributed by atoms with Gasteiger partial charge in [-0.25, -0.2) is 9.78 Å². The number of nitro benzene ring substituents is 1. The molecule has 2 N–H and O–H groups in total. The Hall–Kier alpha value is -4.03. The van der Waals surface area contributed by atoms with Gasteiger partial charge in [-0.15, -0.1) is 5.10 Å². The van der Waals surface area contributed by atoms with Crippen molar-refractivity contribution in [2.24, 2.45) is 0 Å². The maximum Gasteiger partial charge on any atom is 0.342 e.